The fraction of sp³-hybridized carbons (Fsp3) is 0.133. The first kappa shape index (κ1) is 13.0. The van der Waals surface area contributed by atoms with Gasteiger partial charge in [0.2, 0.25) is 0 Å². The van der Waals surface area contributed by atoms with Crippen molar-refractivity contribution in [2.24, 2.45) is 0 Å². The third-order valence-electron chi connectivity index (χ3n) is 2.86. The van der Waals surface area contributed by atoms with Gasteiger partial charge in [0.15, 0.2) is 11.5 Å². The lowest BCUT2D eigenvalue weighted by atomic mass is 10.0. The van der Waals surface area contributed by atoms with Crippen LogP contribution in [0, 0.1) is 0 Å². The van der Waals surface area contributed by atoms with E-state index in [2.05, 4.69) is 0 Å². The zero-order valence-corrected chi connectivity index (χ0v) is 10.5. The molecule has 0 fully saturated rings. The van der Waals surface area contributed by atoms with Crippen LogP contribution in [-0.4, -0.2) is 23.6 Å². The molecule has 2 N–H and O–H groups in total. The smallest absolute Gasteiger partial charge is 0.161 e. The van der Waals surface area contributed by atoms with Crippen molar-refractivity contribution in [1.82, 2.24) is 0 Å². The van der Waals surface area contributed by atoms with Crippen molar-refractivity contribution in [2.75, 3.05) is 7.11 Å². The summed E-state index contributed by atoms with van der Waals surface area (Å²) >= 11 is 0. The Labute approximate surface area is 110 Å². The molecule has 4 nitrogen and oxygen atoms in total. The van der Waals surface area contributed by atoms with Crippen LogP contribution in [0.5, 0.6) is 17.2 Å². The SMILES string of the molecule is COc1cc(C=O)cc(Cc2ccc(O)cc2)c1O. The molecule has 0 aromatic heterocycles. The molecule has 19 heavy (non-hydrogen) atoms. The van der Waals surface area contributed by atoms with Crippen molar-refractivity contribution in [3.05, 3.63) is 53.1 Å². The van der Waals surface area contributed by atoms with Gasteiger partial charge in [0.05, 0.1) is 7.11 Å². The normalized spacial score (nSPS) is 10.2. The molecule has 0 amide bonds. The predicted molar refractivity (Wildman–Crippen MR) is 71.0 cm³/mol. The highest BCUT2D eigenvalue weighted by Gasteiger charge is 2.11. The van der Waals surface area contributed by atoms with E-state index >= 15 is 0 Å². The summed E-state index contributed by atoms with van der Waals surface area (Å²) in [5, 5.41) is 19.3. The Balaban J connectivity index is 2.38. The third-order valence-corrected chi connectivity index (χ3v) is 2.86. The average Bonchev–Trinajstić information content (AvgIpc) is 2.43. The number of rotatable bonds is 4. The maximum Gasteiger partial charge on any atom is 0.161 e. The molecular weight excluding hydrogens is 244 g/mol. The summed E-state index contributed by atoms with van der Waals surface area (Å²) < 4.78 is 5.04. The number of phenolic OH excluding ortho intramolecular Hbond substituents is 2. The molecule has 0 saturated heterocycles. The molecule has 0 saturated carbocycles. The Kier molecular flexibility index (Phi) is 3.71. The lowest BCUT2D eigenvalue weighted by Crippen LogP contribution is -1.95. The van der Waals surface area contributed by atoms with Gasteiger partial charge in [0.25, 0.3) is 0 Å². The van der Waals surface area contributed by atoms with Crippen LogP contribution < -0.4 is 4.74 Å². The molecule has 98 valence electrons. The molecule has 0 unspecified atom stereocenters. The number of carbonyl (C=O) groups is 1. The fourth-order valence-corrected chi connectivity index (χ4v) is 1.88. The van der Waals surface area contributed by atoms with E-state index in [1.54, 1.807) is 30.3 Å². The second-order valence-electron chi connectivity index (χ2n) is 4.19. The highest BCUT2D eigenvalue weighted by molar-refractivity contribution is 5.77. The number of carbonyl (C=O) groups excluding carboxylic acids is 1. The monoisotopic (exact) mass is 258 g/mol. The van der Waals surface area contributed by atoms with Crippen LogP contribution >= 0.6 is 0 Å². The van der Waals surface area contributed by atoms with Gasteiger partial charge in [0.1, 0.15) is 12.0 Å². The van der Waals surface area contributed by atoms with Gasteiger partial charge in [-0.05, 0) is 29.8 Å². The summed E-state index contributed by atoms with van der Waals surface area (Å²) in [4.78, 5) is 10.9. The highest BCUT2D eigenvalue weighted by atomic mass is 16.5. The molecule has 4 heteroatoms. The first-order valence-electron chi connectivity index (χ1n) is 5.77. The number of aldehydes is 1. The molecule has 0 aliphatic carbocycles. The Morgan fingerprint density at radius 2 is 1.84 bits per heavy atom. The number of aromatic hydroxyl groups is 2. The number of hydrogen-bond acceptors (Lipinski definition) is 4. The molecule has 0 heterocycles. The summed E-state index contributed by atoms with van der Waals surface area (Å²) in [6, 6.07) is 9.78. The topological polar surface area (TPSA) is 66.8 Å². The summed E-state index contributed by atoms with van der Waals surface area (Å²) in [5.74, 6) is 0.492. The minimum Gasteiger partial charge on any atom is -0.508 e. The summed E-state index contributed by atoms with van der Waals surface area (Å²) in [6.07, 6.45) is 1.16. The van der Waals surface area contributed by atoms with Crippen LogP contribution in [0.1, 0.15) is 21.5 Å². The minimum absolute atomic E-state index is 0.0289. The van der Waals surface area contributed by atoms with Gasteiger partial charge in [0, 0.05) is 17.5 Å². The van der Waals surface area contributed by atoms with Gasteiger partial charge in [-0.15, -0.1) is 0 Å². The zero-order chi connectivity index (χ0) is 13.8. The Bertz CT molecular complexity index is 588. The maximum atomic E-state index is 10.9. The number of benzene rings is 2. The van der Waals surface area contributed by atoms with Gasteiger partial charge in [-0.1, -0.05) is 12.1 Å². The third kappa shape index (κ3) is 2.85. The zero-order valence-electron chi connectivity index (χ0n) is 10.5. The summed E-state index contributed by atoms with van der Waals surface area (Å²) in [7, 11) is 1.44. The molecule has 0 aliphatic heterocycles. The van der Waals surface area contributed by atoms with E-state index in [9.17, 15) is 15.0 Å². The Morgan fingerprint density at radius 1 is 1.16 bits per heavy atom. The van der Waals surface area contributed by atoms with E-state index in [0.717, 1.165) is 5.56 Å². The van der Waals surface area contributed by atoms with Crippen LogP contribution in [0.2, 0.25) is 0 Å². The number of hydrogen-bond donors (Lipinski definition) is 2. The Morgan fingerprint density at radius 3 is 2.42 bits per heavy atom. The molecule has 2 aromatic carbocycles. The fourth-order valence-electron chi connectivity index (χ4n) is 1.88. The molecule has 0 aliphatic rings. The first-order chi connectivity index (χ1) is 9.13. The van der Waals surface area contributed by atoms with Gasteiger partial charge in [-0.2, -0.15) is 0 Å². The lowest BCUT2D eigenvalue weighted by molar-refractivity contribution is 0.112. The number of ether oxygens (including phenoxy) is 1. The molecular formula is C15H14O4. The van der Waals surface area contributed by atoms with Crippen LogP contribution in [0.25, 0.3) is 0 Å². The Hall–Kier alpha value is -2.49. The van der Waals surface area contributed by atoms with E-state index in [0.29, 0.717) is 23.8 Å². The second kappa shape index (κ2) is 5.44. The molecule has 0 radical (unpaired) electrons. The molecule has 2 aromatic rings. The van der Waals surface area contributed by atoms with Gasteiger partial charge >= 0.3 is 0 Å². The van der Waals surface area contributed by atoms with E-state index < -0.39 is 0 Å². The van der Waals surface area contributed by atoms with Crippen molar-refractivity contribution >= 4 is 6.29 Å². The van der Waals surface area contributed by atoms with Crippen molar-refractivity contribution in [3.8, 4) is 17.2 Å². The standard InChI is InChI=1S/C15H14O4/c1-19-14-8-11(9-16)7-12(15(14)18)6-10-2-4-13(17)5-3-10/h2-5,7-9,17-18H,6H2,1H3. The molecule has 2 rings (SSSR count). The van der Waals surface area contributed by atoms with Gasteiger partial charge in [-0.3, -0.25) is 4.79 Å². The highest BCUT2D eigenvalue weighted by Crippen LogP contribution is 2.32. The second-order valence-corrected chi connectivity index (χ2v) is 4.19. The minimum atomic E-state index is 0.0289. The van der Waals surface area contributed by atoms with E-state index in [1.807, 2.05) is 0 Å². The van der Waals surface area contributed by atoms with Crippen LogP contribution in [0.4, 0.5) is 0 Å². The predicted octanol–water partition coefficient (Wildman–Crippen LogP) is 2.51. The van der Waals surface area contributed by atoms with Crippen molar-refractivity contribution in [1.29, 1.82) is 0 Å². The van der Waals surface area contributed by atoms with Crippen molar-refractivity contribution in [3.63, 3.8) is 0 Å². The molecule has 0 atom stereocenters. The largest absolute Gasteiger partial charge is 0.508 e. The van der Waals surface area contributed by atoms with Gasteiger partial charge in [-0.25, -0.2) is 0 Å². The van der Waals surface area contributed by atoms with Crippen LogP contribution in [0.3, 0.4) is 0 Å². The van der Waals surface area contributed by atoms with Crippen molar-refractivity contribution in [2.45, 2.75) is 6.42 Å². The van der Waals surface area contributed by atoms with Crippen LogP contribution in [0.15, 0.2) is 36.4 Å². The quantitative estimate of drug-likeness (QED) is 0.827. The summed E-state index contributed by atoms with van der Waals surface area (Å²) in [6.45, 7) is 0. The van der Waals surface area contributed by atoms with E-state index in [-0.39, 0.29) is 17.2 Å². The lowest BCUT2D eigenvalue weighted by Gasteiger charge is -2.10. The average molecular weight is 258 g/mol. The number of phenols is 2. The van der Waals surface area contributed by atoms with E-state index in [4.69, 9.17) is 4.74 Å². The first-order valence-corrected chi connectivity index (χ1v) is 5.77. The molecule has 0 bridgehead atoms. The van der Waals surface area contributed by atoms with Crippen LogP contribution in [-0.2, 0) is 6.42 Å². The van der Waals surface area contributed by atoms with Gasteiger partial charge < -0.3 is 14.9 Å². The molecule has 0 spiro atoms. The number of methoxy groups -OCH3 is 1. The van der Waals surface area contributed by atoms with Crippen molar-refractivity contribution < 1.29 is 19.7 Å². The van der Waals surface area contributed by atoms with E-state index in [1.165, 1.54) is 13.2 Å². The summed E-state index contributed by atoms with van der Waals surface area (Å²) in [5.41, 5.74) is 1.97. The maximum absolute atomic E-state index is 10.9.